The van der Waals surface area contributed by atoms with Crippen molar-refractivity contribution in [1.29, 1.82) is 0 Å². The van der Waals surface area contributed by atoms with E-state index in [4.69, 9.17) is 0 Å². The van der Waals surface area contributed by atoms with Gasteiger partial charge in [-0.1, -0.05) is 5.92 Å². The molecular formula is C4H6N. The number of rotatable bonds is 0. The van der Waals surface area contributed by atoms with Crippen LogP contribution >= 0.6 is 0 Å². The van der Waals surface area contributed by atoms with Crippen LogP contribution in [0.4, 0.5) is 0 Å². The first-order chi connectivity index (χ1) is 2.41. The molecule has 0 bridgehead atoms. The molecule has 0 unspecified atom stereocenters. The molecule has 0 aliphatic carbocycles. The minimum atomic E-state index is 1.75. The number of hydrogen-bond acceptors (Lipinski definition) is 1. The van der Waals surface area contributed by atoms with Crippen LogP contribution in [0.1, 0.15) is 6.92 Å². The Morgan fingerprint density at radius 3 is 2.40 bits per heavy atom. The van der Waals surface area contributed by atoms with Crippen LogP contribution in [0.25, 0.3) is 0 Å². The minimum Gasteiger partial charge on any atom is -0.344 e. The molecule has 0 atom stereocenters. The molecule has 0 aromatic carbocycles. The molecule has 0 saturated heterocycles. The third kappa shape index (κ3) is 3.36. The number of nitrogens with one attached hydrogen (secondary N) is 1. The highest BCUT2D eigenvalue weighted by molar-refractivity contribution is 4.91. The maximum Gasteiger partial charge on any atom is 0.0410 e. The summed E-state index contributed by atoms with van der Waals surface area (Å²) in [6.45, 7) is 1.75. The normalized spacial score (nSPS) is 4.40. The monoisotopic (exact) mass is 68.1 g/mol. The van der Waals surface area contributed by atoms with Crippen molar-refractivity contribution in [3.8, 4) is 12.0 Å². The molecule has 0 aromatic heterocycles. The van der Waals surface area contributed by atoms with Crippen molar-refractivity contribution in [3.05, 3.63) is 7.05 Å². The second-order valence-electron chi connectivity index (χ2n) is 0.552. The predicted molar refractivity (Wildman–Crippen MR) is 21.9 cm³/mol. The zero-order chi connectivity index (χ0) is 4.12. The Labute approximate surface area is 32.4 Å². The Bertz CT molecular complexity index is 55.8. The van der Waals surface area contributed by atoms with Gasteiger partial charge in [0, 0.05) is 13.1 Å². The summed E-state index contributed by atoms with van der Waals surface area (Å²) >= 11 is 0. The van der Waals surface area contributed by atoms with Gasteiger partial charge in [-0.15, -0.1) is 0 Å². The van der Waals surface area contributed by atoms with Gasteiger partial charge in [-0.2, -0.15) is 0 Å². The molecular weight excluding hydrogens is 62.1 g/mol. The Morgan fingerprint density at radius 2 is 2.40 bits per heavy atom. The third-order valence-electron chi connectivity index (χ3n) is 0.213. The van der Waals surface area contributed by atoms with E-state index >= 15 is 0 Å². The molecule has 1 nitrogen and oxygen atoms in total. The van der Waals surface area contributed by atoms with E-state index in [2.05, 4.69) is 24.3 Å². The van der Waals surface area contributed by atoms with Gasteiger partial charge in [0.2, 0.25) is 0 Å². The summed E-state index contributed by atoms with van der Waals surface area (Å²) in [4.78, 5) is 0. The average Bonchev–Trinajstić information content (AvgIpc) is 1.41. The van der Waals surface area contributed by atoms with Crippen LogP contribution in [0.15, 0.2) is 0 Å². The van der Waals surface area contributed by atoms with Crippen molar-refractivity contribution in [2.24, 2.45) is 0 Å². The van der Waals surface area contributed by atoms with Crippen LogP contribution < -0.4 is 5.32 Å². The Balaban J connectivity index is 2.81. The van der Waals surface area contributed by atoms with Crippen molar-refractivity contribution in [1.82, 2.24) is 5.32 Å². The van der Waals surface area contributed by atoms with Gasteiger partial charge >= 0.3 is 0 Å². The van der Waals surface area contributed by atoms with Crippen molar-refractivity contribution >= 4 is 0 Å². The van der Waals surface area contributed by atoms with Gasteiger partial charge in [0.15, 0.2) is 0 Å². The molecule has 0 spiro atoms. The molecule has 0 saturated carbocycles. The van der Waals surface area contributed by atoms with Gasteiger partial charge in [-0.3, -0.25) is 0 Å². The molecule has 0 aliphatic heterocycles. The van der Waals surface area contributed by atoms with Gasteiger partial charge in [0.05, 0.1) is 0 Å². The molecule has 0 amide bonds. The summed E-state index contributed by atoms with van der Waals surface area (Å²) < 4.78 is 0. The summed E-state index contributed by atoms with van der Waals surface area (Å²) in [7, 11) is 3.25. The molecule has 1 heteroatoms. The zero-order valence-electron chi connectivity index (χ0n) is 3.21. The molecule has 5 heavy (non-hydrogen) atoms. The van der Waals surface area contributed by atoms with Crippen molar-refractivity contribution in [2.75, 3.05) is 0 Å². The van der Waals surface area contributed by atoms with Crippen LogP contribution in [0.5, 0.6) is 0 Å². The van der Waals surface area contributed by atoms with E-state index < -0.39 is 0 Å². The topological polar surface area (TPSA) is 12.0 Å². The van der Waals surface area contributed by atoms with Crippen LogP contribution in [-0.2, 0) is 0 Å². The lowest BCUT2D eigenvalue weighted by Crippen LogP contribution is -1.85. The van der Waals surface area contributed by atoms with E-state index in [1.165, 1.54) is 0 Å². The summed E-state index contributed by atoms with van der Waals surface area (Å²) in [6.07, 6.45) is 0. The van der Waals surface area contributed by atoms with Crippen LogP contribution in [0.3, 0.4) is 0 Å². The summed E-state index contributed by atoms with van der Waals surface area (Å²) in [5.41, 5.74) is 0. The van der Waals surface area contributed by atoms with Crippen molar-refractivity contribution in [2.45, 2.75) is 6.92 Å². The molecule has 0 fully saturated rings. The Kier molecular flexibility index (Phi) is 2.93. The second-order valence-corrected chi connectivity index (χ2v) is 0.552. The van der Waals surface area contributed by atoms with E-state index in [1.54, 1.807) is 6.92 Å². The Hall–Kier alpha value is -0.640. The maximum atomic E-state index is 3.25. The average molecular weight is 68.1 g/mol. The van der Waals surface area contributed by atoms with E-state index in [-0.39, 0.29) is 0 Å². The molecule has 1 radical (unpaired) electrons. The van der Waals surface area contributed by atoms with Gasteiger partial charge in [0.25, 0.3) is 0 Å². The lowest BCUT2D eigenvalue weighted by molar-refractivity contribution is 1.26. The first-order valence-electron chi connectivity index (χ1n) is 1.35. The standard InChI is InChI=1S/C4H6N/c1-3-4-5-2/h5H,2H2,1H3. The molecule has 0 rings (SSSR count). The highest BCUT2D eigenvalue weighted by Gasteiger charge is 1.41. The summed E-state index contributed by atoms with van der Waals surface area (Å²) in [5.74, 6) is 2.59. The number of hydrogen-bond donors (Lipinski definition) is 1. The lowest BCUT2D eigenvalue weighted by Gasteiger charge is -1.67. The van der Waals surface area contributed by atoms with Crippen molar-refractivity contribution < 1.29 is 0 Å². The van der Waals surface area contributed by atoms with E-state index in [9.17, 15) is 0 Å². The van der Waals surface area contributed by atoms with E-state index in [0.29, 0.717) is 0 Å². The van der Waals surface area contributed by atoms with Gasteiger partial charge in [-0.25, -0.2) is 0 Å². The first kappa shape index (κ1) is 4.36. The highest BCUT2D eigenvalue weighted by atomic mass is 14.8. The highest BCUT2D eigenvalue weighted by Crippen LogP contribution is 1.37. The molecule has 1 N–H and O–H groups in total. The third-order valence-corrected chi connectivity index (χ3v) is 0.213. The van der Waals surface area contributed by atoms with Gasteiger partial charge in [-0.05, 0) is 6.92 Å². The fourth-order valence-corrected chi connectivity index (χ4v) is 0.0884. The molecule has 0 aliphatic rings. The second kappa shape index (κ2) is 3.36. The minimum absolute atomic E-state index is 1.75. The van der Waals surface area contributed by atoms with Crippen LogP contribution in [0.2, 0.25) is 0 Å². The van der Waals surface area contributed by atoms with Crippen molar-refractivity contribution in [3.63, 3.8) is 0 Å². The molecule has 27 valence electrons. The summed E-state index contributed by atoms with van der Waals surface area (Å²) in [6, 6.07) is 2.50. The van der Waals surface area contributed by atoms with Crippen LogP contribution in [0, 0.1) is 19.0 Å². The largest absolute Gasteiger partial charge is 0.344 e. The molecule has 0 aromatic rings. The van der Waals surface area contributed by atoms with Gasteiger partial charge in [0.1, 0.15) is 0 Å². The van der Waals surface area contributed by atoms with Gasteiger partial charge < -0.3 is 5.32 Å². The lowest BCUT2D eigenvalue weighted by atomic mass is 10.8. The summed E-state index contributed by atoms with van der Waals surface area (Å²) in [5, 5.41) is 2.41. The fraction of sp³-hybridized carbons (Fsp3) is 0.250. The first-order valence-corrected chi connectivity index (χ1v) is 1.35. The Morgan fingerprint density at radius 1 is 1.80 bits per heavy atom. The van der Waals surface area contributed by atoms with E-state index in [0.717, 1.165) is 0 Å². The zero-order valence-corrected chi connectivity index (χ0v) is 3.21. The quantitative estimate of drug-likeness (QED) is 0.319. The van der Waals surface area contributed by atoms with E-state index in [1.807, 2.05) is 0 Å². The van der Waals surface area contributed by atoms with Crippen LogP contribution in [-0.4, -0.2) is 0 Å². The smallest absolute Gasteiger partial charge is 0.0410 e. The molecule has 0 heterocycles. The SMILES string of the molecule is [CH2]NC#CC. The maximum absolute atomic E-state index is 3.25. The predicted octanol–water partition coefficient (Wildman–Crippen LogP) is 0.348. The fourth-order valence-electron chi connectivity index (χ4n) is 0.0884.